The molecule has 0 aromatic heterocycles. The van der Waals surface area contributed by atoms with Crippen LogP contribution in [-0.4, -0.2) is 30.6 Å². The monoisotopic (exact) mass is 384 g/mol. The topological polar surface area (TPSA) is 84.5 Å². The van der Waals surface area contributed by atoms with E-state index < -0.39 is 36.8 Å². The van der Waals surface area contributed by atoms with Gasteiger partial charge >= 0.3 is 12.0 Å². The number of ether oxygens (including phenoxy) is 1. The Morgan fingerprint density at radius 1 is 1.27 bits per heavy atom. The second-order valence-corrected chi connectivity index (χ2v) is 6.83. The lowest BCUT2D eigenvalue weighted by molar-refractivity contribution is -0.147. The van der Waals surface area contributed by atoms with E-state index in [2.05, 4.69) is 17.6 Å². The Bertz CT molecular complexity index is 663. The minimum absolute atomic E-state index is 0.00334. The van der Waals surface area contributed by atoms with Gasteiger partial charge in [0.25, 0.3) is 5.91 Å². The van der Waals surface area contributed by atoms with Crippen LogP contribution in [0.15, 0.2) is 18.2 Å². The second-order valence-electron chi connectivity index (χ2n) is 6.43. The van der Waals surface area contributed by atoms with Gasteiger partial charge < -0.3 is 10.1 Å². The molecule has 1 aliphatic rings. The molecule has 26 heavy (non-hydrogen) atoms. The van der Waals surface area contributed by atoms with Gasteiger partial charge in [-0.15, -0.1) is 0 Å². The first kappa shape index (κ1) is 20.2. The van der Waals surface area contributed by atoms with E-state index in [9.17, 15) is 18.8 Å². The number of carbonyl (C=O) groups is 3. The summed E-state index contributed by atoms with van der Waals surface area (Å²) >= 11 is 5.83. The fourth-order valence-corrected chi connectivity index (χ4v) is 3.17. The average molecular weight is 385 g/mol. The Kier molecular flexibility index (Phi) is 7.38. The highest BCUT2D eigenvalue weighted by molar-refractivity contribution is 6.31. The van der Waals surface area contributed by atoms with Crippen LogP contribution in [0.4, 0.5) is 9.18 Å². The molecule has 2 N–H and O–H groups in total. The molecule has 1 fully saturated rings. The maximum Gasteiger partial charge on any atom is 0.321 e. The third-order valence-corrected chi connectivity index (χ3v) is 4.78. The smallest absolute Gasteiger partial charge is 0.321 e. The highest BCUT2D eigenvalue weighted by Gasteiger charge is 2.23. The molecule has 2 rings (SSSR count). The molecule has 0 unspecified atom stereocenters. The van der Waals surface area contributed by atoms with Crippen molar-refractivity contribution in [2.24, 2.45) is 5.92 Å². The lowest BCUT2D eigenvalue weighted by Crippen LogP contribution is -2.48. The molecule has 1 aromatic carbocycles. The normalized spacial score (nSPS) is 19.5. The summed E-state index contributed by atoms with van der Waals surface area (Å²) in [5.41, 5.74) is 0.00334. The minimum atomic E-state index is -0.812. The predicted molar refractivity (Wildman–Crippen MR) is 94.2 cm³/mol. The fraction of sp³-hybridized carbons (Fsp3) is 0.500. The maximum absolute atomic E-state index is 13.6. The molecule has 1 aliphatic carbocycles. The van der Waals surface area contributed by atoms with Crippen molar-refractivity contribution >= 4 is 29.5 Å². The van der Waals surface area contributed by atoms with Gasteiger partial charge in [-0.05, 0) is 30.9 Å². The first-order valence-corrected chi connectivity index (χ1v) is 8.93. The summed E-state index contributed by atoms with van der Waals surface area (Å²) < 4.78 is 18.4. The number of benzene rings is 1. The molecule has 2 atom stereocenters. The van der Waals surface area contributed by atoms with Crippen molar-refractivity contribution in [1.82, 2.24) is 10.6 Å². The van der Waals surface area contributed by atoms with Gasteiger partial charge in [0.15, 0.2) is 6.61 Å². The first-order chi connectivity index (χ1) is 12.4. The van der Waals surface area contributed by atoms with Gasteiger partial charge in [-0.3, -0.25) is 14.9 Å². The summed E-state index contributed by atoms with van der Waals surface area (Å²) in [5.74, 6) is -1.83. The van der Waals surface area contributed by atoms with Gasteiger partial charge in [0.2, 0.25) is 0 Å². The number of urea groups is 1. The van der Waals surface area contributed by atoms with Crippen LogP contribution in [0, 0.1) is 11.7 Å². The average Bonchev–Trinajstić information content (AvgIpc) is 2.58. The van der Waals surface area contributed by atoms with Crippen molar-refractivity contribution in [2.45, 2.75) is 45.1 Å². The van der Waals surface area contributed by atoms with Crippen LogP contribution in [0.5, 0.6) is 0 Å². The van der Waals surface area contributed by atoms with E-state index in [0.717, 1.165) is 25.7 Å². The van der Waals surface area contributed by atoms with Gasteiger partial charge in [0, 0.05) is 16.6 Å². The Hall–Kier alpha value is -2.15. The zero-order valence-corrected chi connectivity index (χ0v) is 15.3. The summed E-state index contributed by atoms with van der Waals surface area (Å²) in [6, 6.07) is 3.48. The van der Waals surface area contributed by atoms with Gasteiger partial charge in [-0.1, -0.05) is 37.4 Å². The number of nitrogens with one attached hydrogen (secondary N) is 2. The maximum atomic E-state index is 13.6. The number of imide groups is 1. The standard InChI is InChI=1S/C18H22ClFN2O4/c1-11-5-2-3-8-15(11)21-18(25)22-16(23)10-26-17(24)9-12-13(19)6-4-7-14(12)20/h4,6-7,11,15H,2-3,5,8-10H2,1H3,(H2,21,22,23,25)/t11-,15-/m1/s1. The van der Waals surface area contributed by atoms with Crippen LogP contribution in [-0.2, 0) is 20.7 Å². The highest BCUT2D eigenvalue weighted by atomic mass is 35.5. The van der Waals surface area contributed by atoms with Crippen molar-refractivity contribution in [3.05, 3.63) is 34.6 Å². The molecule has 1 aromatic rings. The quantitative estimate of drug-likeness (QED) is 0.764. The van der Waals surface area contributed by atoms with Crippen LogP contribution in [0.1, 0.15) is 38.2 Å². The molecular formula is C18H22ClFN2O4. The predicted octanol–water partition coefficient (Wildman–Crippen LogP) is 2.97. The fourth-order valence-electron chi connectivity index (χ4n) is 2.94. The van der Waals surface area contributed by atoms with Gasteiger partial charge in [0.05, 0.1) is 6.42 Å². The molecule has 6 nitrogen and oxygen atoms in total. The van der Waals surface area contributed by atoms with E-state index in [1.54, 1.807) is 0 Å². The van der Waals surface area contributed by atoms with Crippen molar-refractivity contribution in [1.29, 1.82) is 0 Å². The zero-order chi connectivity index (χ0) is 19.1. The summed E-state index contributed by atoms with van der Waals surface area (Å²) in [6.07, 6.45) is 3.70. The van der Waals surface area contributed by atoms with Crippen molar-refractivity contribution in [3.8, 4) is 0 Å². The molecule has 3 amide bonds. The van der Waals surface area contributed by atoms with Crippen molar-refractivity contribution in [2.75, 3.05) is 6.61 Å². The molecule has 0 aliphatic heterocycles. The van der Waals surface area contributed by atoms with Crippen LogP contribution in [0.25, 0.3) is 0 Å². The van der Waals surface area contributed by atoms with Crippen LogP contribution >= 0.6 is 11.6 Å². The Balaban J connectivity index is 1.74. The van der Waals surface area contributed by atoms with Gasteiger partial charge in [0.1, 0.15) is 5.82 Å². The lowest BCUT2D eigenvalue weighted by Gasteiger charge is -2.29. The number of hydrogen-bond acceptors (Lipinski definition) is 4. The minimum Gasteiger partial charge on any atom is -0.455 e. The molecule has 8 heteroatoms. The van der Waals surface area contributed by atoms with Crippen LogP contribution in [0.2, 0.25) is 5.02 Å². The summed E-state index contributed by atoms with van der Waals surface area (Å²) in [7, 11) is 0. The summed E-state index contributed by atoms with van der Waals surface area (Å²) in [6.45, 7) is 1.43. The molecule has 0 saturated heterocycles. The molecule has 1 saturated carbocycles. The van der Waals surface area contributed by atoms with E-state index >= 15 is 0 Å². The van der Waals surface area contributed by atoms with Crippen LogP contribution < -0.4 is 10.6 Å². The SMILES string of the molecule is C[C@@H]1CCCC[C@H]1NC(=O)NC(=O)COC(=O)Cc1c(F)cccc1Cl. The molecule has 0 radical (unpaired) electrons. The number of amides is 3. The van der Waals surface area contributed by atoms with Crippen molar-refractivity contribution in [3.63, 3.8) is 0 Å². The lowest BCUT2D eigenvalue weighted by atomic mass is 9.86. The number of hydrogen-bond donors (Lipinski definition) is 2. The van der Waals surface area contributed by atoms with E-state index in [1.165, 1.54) is 18.2 Å². The second kappa shape index (κ2) is 9.52. The Morgan fingerprint density at radius 3 is 2.69 bits per heavy atom. The largest absolute Gasteiger partial charge is 0.455 e. The molecular weight excluding hydrogens is 363 g/mol. The third kappa shape index (κ3) is 5.98. The number of esters is 1. The number of carbonyl (C=O) groups excluding carboxylic acids is 3. The molecule has 0 heterocycles. The van der Waals surface area contributed by atoms with E-state index in [4.69, 9.17) is 16.3 Å². The molecule has 142 valence electrons. The summed E-state index contributed by atoms with van der Waals surface area (Å²) in [4.78, 5) is 35.3. The van der Waals surface area contributed by atoms with Gasteiger partial charge in [-0.25, -0.2) is 9.18 Å². The van der Waals surface area contributed by atoms with E-state index in [-0.39, 0.29) is 16.6 Å². The summed E-state index contributed by atoms with van der Waals surface area (Å²) in [5, 5.41) is 4.99. The third-order valence-electron chi connectivity index (χ3n) is 4.43. The number of halogens is 2. The van der Waals surface area contributed by atoms with Crippen LogP contribution in [0.3, 0.4) is 0 Å². The Labute approximate surface area is 156 Å². The first-order valence-electron chi connectivity index (χ1n) is 8.55. The van der Waals surface area contributed by atoms with E-state index in [0.29, 0.717) is 5.92 Å². The van der Waals surface area contributed by atoms with Gasteiger partial charge in [-0.2, -0.15) is 0 Å². The molecule has 0 bridgehead atoms. The molecule has 0 spiro atoms. The number of rotatable bonds is 5. The Morgan fingerprint density at radius 2 is 2.00 bits per heavy atom. The van der Waals surface area contributed by atoms with Crippen molar-refractivity contribution < 1.29 is 23.5 Å². The van der Waals surface area contributed by atoms with E-state index in [1.807, 2.05) is 0 Å². The highest BCUT2D eigenvalue weighted by Crippen LogP contribution is 2.23. The zero-order valence-electron chi connectivity index (χ0n) is 14.5.